The van der Waals surface area contributed by atoms with Crippen molar-refractivity contribution in [2.45, 2.75) is 157 Å². The molecule has 0 saturated heterocycles. The van der Waals surface area contributed by atoms with Crippen LogP contribution in [0.5, 0.6) is 11.5 Å². The summed E-state index contributed by atoms with van der Waals surface area (Å²) >= 11 is 1.83. The molecule has 3 nitrogen and oxygen atoms in total. The van der Waals surface area contributed by atoms with Crippen LogP contribution in [-0.4, -0.2) is 29.7 Å². The van der Waals surface area contributed by atoms with Gasteiger partial charge in [-0.25, -0.2) is 0 Å². The molecule has 0 heterocycles. The summed E-state index contributed by atoms with van der Waals surface area (Å²) in [6.45, 7) is 32.3. The summed E-state index contributed by atoms with van der Waals surface area (Å²) in [4.78, 5) is 1.06. The number of hydrogen-bond acceptors (Lipinski definition) is 4. The second-order valence-corrected chi connectivity index (χ2v) is 21.8. The molecule has 350 valence electrons. The first-order valence-corrected chi connectivity index (χ1v) is 25.7. The van der Waals surface area contributed by atoms with E-state index in [0.717, 1.165) is 84.7 Å². The zero-order chi connectivity index (χ0) is 48.1. The zero-order valence-electron chi connectivity index (χ0n) is 42.9. The molecule has 4 heteroatoms. The molecule has 0 saturated carbocycles. The lowest BCUT2D eigenvalue weighted by Gasteiger charge is -2.26. The van der Waals surface area contributed by atoms with Gasteiger partial charge in [0.1, 0.15) is 11.5 Å². The normalized spacial score (nSPS) is 12.0. The predicted molar refractivity (Wildman–Crippen MR) is 287 cm³/mol. The van der Waals surface area contributed by atoms with E-state index in [0.29, 0.717) is 36.4 Å². The summed E-state index contributed by atoms with van der Waals surface area (Å²) < 4.78 is 5.49. The molecule has 0 radical (unpaired) electrons. The molecule has 66 heavy (non-hydrogen) atoms. The highest BCUT2D eigenvalue weighted by molar-refractivity contribution is 7.99. The Hall–Kier alpha value is -4.77. The Morgan fingerprint density at radius 3 is 1.21 bits per heavy atom. The fourth-order valence-electron chi connectivity index (χ4n) is 9.58. The van der Waals surface area contributed by atoms with Crippen LogP contribution in [0.1, 0.15) is 187 Å². The quantitative estimate of drug-likeness (QED) is 0.0666. The van der Waals surface area contributed by atoms with Crippen LogP contribution in [0, 0.1) is 13.8 Å². The average molecular weight is 903 g/mol. The predicted octanol–water partition coefficient (Wildman–Crippen LogP) is 18.2. The Morgan fingerprint density at radius 1 is 0.455 bits per heavy atom. The molecule has 6 aromatic carbocycles. The fourth-order valence-corrected chi connectivity index (χ4v) is 10.8. The summed E-state index contributed by atoms with van der Waals surface area (Å²) in [5.41, 5.74) is 19.9. The number of aromatic hydroxyl groups is 2. The van der Waals surface area contributed by atoms with Crippen molar-refractivity contribution in [3.8, 4) is 56.0 Å². The highest BCUT2D eigenvalue weighted by Gasteiger charge is 2.28. The van der Waals surface area contributed by atoms with Gasteiger partial charge < -0.3 is 14.9 Å². The van der Waals surface area contributed by atoms with Gasteiger partial charge in [-0.15, -0.1) is 11.8 Å². The van der Waals surface area contributed by atoms with E-state index in [1.807, 2.05) is 11.8 Å². The Morgan fingerprint density at radius 2 is 0.848 bits per heavy atom. The standard InChI is InChI=1S/C62H78O3S/c1-36(2)46-32-48(38(5)6)58(49(33-46)39(7)8)56-27-42(13)25-52(60(56)63)54-30-45(29-44-21-17-16-18-22-44)31-55(62(54)66-24-20-19-23-65-15)53-26-43(14)28-57(61(53)64)59-50(40(9)10)34-47(37(3)4)35-51(59)41(11)12/h16-18,21-22,25-28,30-41,63-64H,19-20,23-24,29H2,1-15H3. The number of ether oxygens (including phenoxy) is 1. The third kappa shape index (κ3) is 11.1. The maximum Gasteiger partial charge on any atom is 0.131 e. The van der Waals surface area contributed by atoms with E-state index in [1.54, 1.807) is 7.11 Å². The Bertz CT molecular complexity index is 2420. The molecule has 0 bridgehead atoms. The lowest BCUT2D eigenvalue weighted by atomic mass is 9.80. The van der Waals surface area contributed by atoms with Crippen molar-refractivity contribution < 1.29 is 14.9 Å². The first-order valence-electron chi connectivity index (χ1n) is 24.7. The number of unbranched alkanes of at least 4 members (excludes halogenated alkanes) is 1. The zero-order valence-corrected chi connectivity index (χ0v) is 43.7. The summed E-state index contributed by atoms with van der Waals surface area (Å²) in [6.07, 6.45) is 2.62. The summed E-state index contributed by atoms with van der Waals surface area (Å²) in [5, 5.41) is 26.1. The molecule has 6 aromatic rings. The van der Waals surface area contributed by atoms with Crippen LogP contribution in [-0.2, 0) is 11.2 Å². The van der Waals surface area contributed by atoms with Gasteiger partial charge in [0.15, 0.2) is 0 Å². The van der Waals surface area contributed by atoms with Crippen molar-refractivity contribution in [3.05, 3.63) is 147 Å². The molecule has 0 fully saturated rings. The monoisotopic (exact) mass is 903 g/mol. The number of phenols is 2. The van der Waals surface area contributed by atoms with Gasteiger partial charge in [0.05, 0.1) is 0 Å². The van der Waals surface area contributed by atoms with Gasteiger partial charge in [0.25, 0.3) is 0 Å². The summed E-state index contributed by atoms with van der Waals surface area (Å²) in [7, 11) is 1.77. The molecule has 2 N–H and O–H groups in total. The molecule has 0 atom stereocenters. The number of hydrogen-bond donors (Lipinski definition) is 2. The maximum atomic E-state index is 13.1. The minimum absolute atomic E-state index is 0.256. The van der Waals surface area contributed by atoms with Crippen LogP contribution in [0.25, 0.3) is 44.5 Å². The van der Waals surface area contributed by atoms with Crippen LogP contribution in [0.2, 0.25) is 0 Å². The Kier molecular flexibility index (Phi) is 16.8. The lowest BCUT2D eigenvalue weighted by Crippen LogP contribution is -2.05. The number of rotatable bonds is 18. The second kappa shape index (κ2) is 21.9. The topological polar surface area (TPSA) is 49.7 Å². The third-order valence-corrected chi connectivity index (χ3v) is 14.5. The van der Waals surface area contributed by atoms with E-state index >= 15 is 0 Å². The van der Waals surface area contributed by atoms with Crippen molar-refractivity contribution in [2.24, 2.45) is 0 Å². The molecule has 6 rings (SSSR count). The fraction of sp³-hybridized carbons (Fsp3) is 0.419. The highest BCUT2D eigenvalue weighted by atomic mass is 32.2. The Labute approximate surface area is 403 Å². The average Bonchev–Trinajstić information content (AvgIpc) is 3.27. The van der Waals surface area contributed by atoms with Crippen molar-refractivity contribution in [2.75, 3.05) is 19.5 Å². The summed E-state index contributed by atoms with van der Waals surface area (Å²) in [6, 6.07) is 33.5. The van der Waals surface area contributed by atoms with Gasteiger partial charge in [-0.1, -0.05) is 138 Å². The smallest absolute Gasteiger partial charge is 0.131 e. The number of benzene rings is 6. The minimum atomic E-state index is 0.256. The molecular formula is C62H78O3S. The van der Waals surface area contributed by atoms with Gasteiger partial charge in [0.2, 0.25) is 0 Å². The molecule has 0 unspecified atom stereocenters. The lowest BCUT2D eigenvalue weighted by molar-refractivity contribution is 0.194. The largest absolute Gasteiger partial charge is 0.507 e. The number of thioether (sulfide) groups is 1. The van der Waals surface area contributed by atoms with Gasteiger partial charge in [-0.3, -0.25) is 0 Å². The van der Waals surface area contributed by atoms with Crippen LogP contribution in [0.3, 0.4) is 0 Å². The van der Waals surface area contributed by atoms with Crippen molar-refractivity contribution in [3.63, 3.8) is 0 Å². The van der Waals surface area contributed by atoms with E-state index in [4.69, 9.17) is 4.74 Å². The third-order valence-electron chi connectivity index (χ3n) is 13.3. The van der Waals surface area contributed by atoms with E-state index in [-0.39, 0.29) is 23.7 Å². The SMILES string of the molecule is COCCCCSc1c(-c2cc(C)cc(-c3c(C(C)C)cc(C(C)C)cc3C(C)C)c2O)cc(Cc2ccccc2)cc1-c1cc(C)cc(-c2c(C(C)C)cc(C(C)C)cc2C(C)C)c1O. The van der Waals surface area contributed by atoms with E-state index in [1.165, 1.54) is 38.9 Å². The number of methoxy groups -OCH3 is 1. The maximum absolute atomic E-state index is 13.1. The van der Waals surface area contributed by atoms with Crippen molar-refractivity contribution >= 4 is 11.8 Å². The van der Waals surface area contributed by atoms with Gasteiger partial charge in [-0.05, 0) is 189 Å². The van der Waals surface area contributed by atoms with Crippen LogP contribution in [0.15, 0.2) is 95.9 Å². The second-order valence-electron chi connectivity index (χ2n) is 20.7. The van der Waals surface area contributed by atoms with Crippen LogP contribution in [0.4, 0.5) is 0 Å². The molecule has 0 aliphatic rings. The molecule has 0 aromatic heterocycles. The van der Waals surface area contributed by atoms with E-state index in [9.17, 15) is 10.2 Å². The minimum Gasteiger partial charge on any atom is -0.507 e. The van der Waals surface area contributed by atoms with Gasteiger partial charge in [-0.2, -0.15) is 0 Å². The molecule has 0 amide bonds. The van der Waals surface area contributed by atoms with Crippen molar-refractivity contribution in [1.82, 2.24) is 0 Å². The van der Waals surface area contributed by atoms with Crippen molar-refractivity contribution in [1.29, 1.82) is 0 Å². The van der Waals surface area contributed by atoms with Crippen LogP contribution < -0.4 is 0 Å². The number of phenolic OH excluding ortho intramolecular Hbond substituents is 2. The highest BCUT2D eigenvalue weighted by Crippen LogP contribution is 2.52. The van der Waals surface area contributed by atoms with Crippen LogP contribution >= 0.6 is 11.8 Å². The molecule has 0 aliphatic heterocycles. The molecule has 0 spiro atoms. The molecular weight excluding hydrogens is 825 g/mol. The number of aryl methyl sites for hydroxylation is 2. The van der Waals surface area contributed by atoms with E-state index < -0.39 is 0 Å². The summed E-state index contributed by atoms with van der Waals surface area (Å²) in [5.74, 6) is 3.25. The van der Waals surface area contributed by atoms with Gasteiger partial charge >= 0.3 is 0 Å². The first kappa shape index (κ1) is 50.6. The van der Waals surface area contributed by atoms with Gasteiger partial charge in [0, 0.05) is 40.9 Å². The molecule has 0 aliphatic carbocycles. The Balaban J connectivity index is 1.74. The first-order chi connectivity index (χ1) is 31.3. The van der Waals surface area contributed by atoms with E-state index in [2.05, 4.69) is 188 Å².